The van der Waals surface area contributed by atoms with Crippen molar-refractivity contribution in [1.82, 2.24) is 5.32 Å². The van der Waals surface area contributed by atoms with E-state index in [1.165, 1.54) is 37.7 Å². The van der Waals surface area contributed by atoms with Gasteiger partial charge in [-0.15, -0.1) is 0 Å². The van der Waals surface area contributed by atoms with Crippen molar-refractivity contribution >= 4 is 0 Å². The van der Waals surface area contributed by atoms with Gasteiger partial charge in [0.15, 0.2) is 11.5 Å². The second-order valence-electron chi connectivity index (χ2n) is 5.84. The molecule has 1 aliphatic rings. The van der Waals surface area contributed by atoms with Crippen LogP contribution in [0.5, 0.6) is 11.5 Å². The second kappa shape index (κ2) is 7.53. The van der Waals surface area contributed by atoms with Crippen molar-refractivity contribution in [2.75, 3.05) is 14.2 Å². The van der Waals surface area contributed by atoms with Crippen LogP contribution < -0.4 is 14.8 Å². The van der Waals surface area contributed by atoms with Gasteiger partial charge in [-0.25, -0.2) is 0 Å². The Labute approximate surface area is 122 Å². The van der Waals surface area contributed by atoms with Crippen LogP contribution in [-0.2, 0) is 6.54 Å². The first kappa shape index (κ1) is 15.2. The molecule has 1 saturated carbocycles. The molecule has 1 fully saturated rings. The maximum absolute atomic E-state index is 5.48. The lowest BCUT2D eigenvalue weighted by Crippen LogP contribution is -2.28. The fourth-order valence-corrected chi connectivity index (χ4v) is 3.04. The summed E-state index contributed by atoms with van der Waals surface area (Å²) in [6.45, 7) is 3.22. The highest BCUT2D eigenvalue weighted by molar-refractivity contribution is 5.46. The van der Waals surface area contributed by atoms with Crippen LogP contribution in [0.1, 0.15) is 44.6 Å². The van der Waals surface area contributed by atoms with Crippen molar-refractivity contribution in [3.8, 4) is 11.5 Å². The zero-order chi connectivity index (χ0) is 14.4. The summed E-state index contributed by atoms with van der Waals surface area (Å²) in [4.78, 5) is 0. The van der Waals surface area contributed by atoms with Crippen LogP contribution in [-0.4, -0.2) is 20.3 Å². The summed E-state index contributed by atoms with van der Waals surface area (Å²) in [5, 5.41) is 3.69. The average Bonchev–Trinajstić information content (AvgIpc) is 2.69. The van der Waals surface area contributed by atoms with Crippen molar-refractivity contribution in [2.45, 2.75) is 51.6 Å². The second-order valence-corrected chi connectivity index (χ2v) is 5.84. The largest absolute Gasteiger partial charge is 0.493 e. The van der Waals surface area contributed by atoms with Crippen molar-refractivity contribution < 1.29 is 9.47 Å². The van der Waals surface area contributed by atoms with E-state index >= 15 is 0 Å². The van der Waals surface area contributed by atoms with Gasteiger partial charge >= 0.3 is 0 Å². The van der Waals surface area contributed by atoms with Gasteiger partial charge in [0.25, 0.3) is 0 Å². The highest BCUT2D eigenvalue weighted by Gasteiger charge is 2.16. The number of benzene rings is 1. The molecule has 1 aliphatic carbocycles. The first-order valence-corrected chi connectivity index (χ1v) is 7.67. The smallest absolute Gasteiger partial charge is 0.165 e. The Hall–Kier alpha value is -1.22. The predicted molar refractivity (Wildman–Crippen MR) is 82.4 cm³/mol. The molecule has 0 aliphatic heterocycles. The molecule has 3 nitrogen and oxygen atoms in total. The Bertz CT molecular complexity index is 419. The summed E-state index contributed by atoms with van der Waals surface area (Å²) in [6, 6.07) is 6.70. The van der Waals surface area contributed by atoms with Crippen LogP contribution in [0.15, 0.2) is 18.2 Å². The number of para-hydroxylation sites is 1. The van der Waals surface area contributed by atoms with Gasteiger partial charge in [-0.05, 0) is 31.2 Å². The van der Waals surface area contributed by atoms with Gasteiger partial charge in [0.1, 0.15) is 0 Å². The summed E-state index contributed by atoms with van der Waals surface area (Å²) >= 11 is 0. The standard InChI is InChI=1S/C17H27NO2/c1-13-6-4-8-15(11-10-13)18-12-14-7-5-9-16(19-2)17(14)20-3/h5,7,9,13,15,18H,4,6,8,10-12H2,1-3H3. The molecule has 0 radical (unpaired) electrons. The van der Waals surface area contributed by atoms with Crippen LogP contribution in [0.25, 0.3) is 0 Å². The van der Waals surface area contributed by atoms with E-state index in [1.54, 1.807) is 14.2 Å². The molecular weight excluding hydrogens is 250 g/mol. The molecule has 2 unspecified atom stereocenters. The Morgan fingerprint density at radius 3 is 2.70 bits per heavy atom. The van der Waals surface area contributed by atoms with E-state index in [9.17, 15) is 0 Å². The van der Waals surface area contributed by atoms with Crippen LogP contribution in [0, 0.1) is 5.92 Å². The van der Waals surface area contributed by atoms with Crippen LogP contribution in [0.4, 0.5) is 0 Å². The van der Waals surface area contributed by atoms with Crippen LogP contribution >= 0.6 is 0 Å². The average molecular weight is 277 g/mol. The van der Waals surface area contributed by atoms with Gasteiger partial charge in [0.05, 0.1) is 14.2 Å². The minimum Gasteiger partial charge on any atom is -0.493 e. The molecule has 1 aromatic rings. The maximum Gasteiger partial charge on any atom is 0.165 e. The molecule has 2 rings (SSSR count). The molecule has 1 N–H and O–H groups in total. The number of rotatable bonds is 5. The highest BCUT2D eigenvalue weighted by Crippen LogP contribution is 2.31. The zero-order valence-electron chi connectivity index (χ0n) is 12.9. The monoisotopic (exact) mass is 277 g/mol. The third-order valence-electron chi connectivity index (χ3n) is 4.32. The quantitative estimate of drug-likeness (QED) is 0.831. The number of hydrogen-bond acceptors (Lipinski definition) is 3. The van der Waals surface area contributed by atoms with E-state index in [-0.39, 0.29) is 0 Å². The summed E-state index contributed by atoms with van der Waals surface area (Å²) in [6.07, 6.45) is 6.63. The molecule has 0 spiro atoms. The van der Waals surface area contributed by atoms with Gasteiger partial charge in [0, 0.05) is 18.2 Å². The Morgan fingerprint density at radius 2 is 1.95 bits per heavy atom. The van der Waals surface area contributed by atoms with Gasteiger partial charge < -0.3 is 14.8 Å². The minimum atomic E-state index is 0.635. The third-order valence-corrected chi connectivity index (χ3v) is 4.32. The first-order chi connectivity index (χ1) is 9.74. The highest BCUT2D eigenvalue weighted by atomic mass is 16.5. The Balaban J connectivity index is 1.96. The van der Waals surface area contributed by atoms with Gasteiger partial charge in [-0.3, -0.25) is 0 Å². The number of ether oxygens (including phenoxy) is 2. The molecule has 0 heterocycles. The predicted octanol–water partition coefficient (Wildman–Crippen LogP) is 3.76. The SMILES string of the molecule is COc1cccc(CNC2CCCC(C)CC2)c1OC. The van der Waals surface area contributed by atoms with Crippen LogP contribution in [0.3, 0.4) is 0 Å². The molecule has 0 amide bonds. The first-order valence-electron chi connectivity index (χ1n) is 7.67. The molecule has 3 heteroatoms. The zero-order valence-corrected chi connectivity index (χ0v) is 12.9. The summed E-state index contributed by atoms with van der Waals surface area (Å²) in [7, 11) is 3.39. The molecule has 112 valence electrons. The Morgan fingerprint density at radius 1 is 1.10 bits per heavy atom. The van der Waals surface area contributed by atoms with E-state index in [2.05, 4.69) is 18.3 Å². The molecule has 20 heavy (non-hydrogen) atoms. The molecular formula is C17H27NO2. The number of hydrogen-bond donors (Lipinski definition) is 1. The summed E-state index contributed by atoms with van der Waals surface area (Å²) in [5.41, 5.74) is 1.17. The van der Waals surface area contributed by atoms with E-state index < -0.39 is 0 Å². The van der Waals surface area contributed by atoms with E-state index in [0.29, 0.717) is 6.04 Å². The van der Waals surface area contributed by atoms with Crippen molar-refractivity contribution in [2.24, 2.45) is 5.92 Å². The van der Waals surface area contributed by atoms with Gasteiger partial charge in [-0.2, -0.15) is 0 Å². The minimum absolute atomic E-state index is 0.635. The van der Waals surface area contributed by atoms with Crippen molar-refractivity contribution in [1.29, 1.82) is 0 Å². The van der Waals surface area contributed by atoms with Crippen molar-refractivity contribution in [3.05, 3.63) is 23.8 Å². The summed E-state index contributed by atoms with van der Waals surface area (Å²) in [5.74, 6) is 2.54. The fourth-order valence-electron chi connectivity index (χ4n) is 3.04. The fraction of sp³-hybridized carbons (Fsp3) is 0.647. The van der Waals surface area contributed by atoms with Crippen molar-refractivity contribution in [3.63, 3.8) is 0 Å². The number of methoxy groups -OCH3 is 2. The number of nitrogens with one attached hydrogen (secondary N) is 1. The molecule has 0 bridgehead atoms. The van der Waals surface area contributed by atoms with Crippen LogP contribution in [0.2, 0.25) is 0 Å². The molecule has 0 aromatic heterocycles. The van der Waals surface area contributed by atoms with Gasteiger partial charge in [0.2, 0.25) is 0 Å². The molecule has 2 atom stereocenters. The lowest BCUT2D eigenvalue weighted by Gasteiger charge is -2.18. The van der Waals surface area contributed by atoms with Gasteiger partial charge in [-0.1, -0.05) is 31.9 Å². The van der Waals surface area contributed by atoms with E-state index in [4.69, 9.17) is 9.47 Å². The third kappa shape index (κ3) is 3.89. The summed E-state index contributed by atoms with van der Waals surface area (Å²) < 4.78 is 10.8. The lowest BCUT2D eigenvalue weighted by atomic mass is 10.0. The van der Waals surface area contributed by atoms with E-state index in [0.717, 1.165) is 24.0 Å². The molecule has 1 aromatic carbocycles. The van der Waals surface area contributed by atoms with E-state index in [1.807, 2.05) is 12.1 Å². The lowest BCUT2D eigenvalue weighted by molar-refractivity contribution is 0.348. The topological polar surface area (TPSA) is 30.5 Å². The normalized spacial score (nSPS) is 23.1. The Kier molecular flexibility index (Phi) is 5.72. The maximum atomic E-state index is 5.48. The molecule has 0 saturated heterocycles.